The third-order valence-corrected chi connectivity index (χ3v) is 3.61. The van der Waals surface area contributed by atoms with E-state index < -0.39 is 0 Å². The molecule has 2 aromatic rings. The largest absolute Gasteiger partial charge is 0.378 e. The average Bonchev–Trinajstić information content (AvgIpc) is 2.93. The van der Waals surface area contributed by atoms with Gasteiger partial charge >= 0.3 is 0 Å². The Hall–Kier alpha value is -2.25. The molecule has 0 atom stereocenters. The van der Waals surface area contributed by atoms with Crippen molar-refractivity contribution < 1.29 is 4.74 Å². The highest BCUT2D eigenvalue weighted by molar-refractivity contribution is 5.69. The van der Waals surface area contributed by atoms with E-state index >= 15 is 0 Å². The molecule has 0 aliphatic carbocycles. The lowest BCUT2D eigenvalue weighted by molar-refractivity contribution is 0.122. The van der Waals surface area contributed by atoms with Gasteiger partial charge in [0.1, 0.15) is 11.9 Å². The topological polar surface area (TPSA) is 52.1 Å². The van der Waals surface area contributed by atoms with Crippen LogP contribution in [0.5, 0.6) is 0 Å². The SMILES string of the molecule is Cc1ccc(-c2cc(C#N)c(N3CCOCC3)[nH]2)cc1. The van der Waals surface area contributed by atoms with Crippen LogP contribution in [0, 0.1) is 18.3 Å². The minimum absolute atomic E-state index is 0.697. The second-order valence-electron chi connectivity index (χ2n) is 5.02. The molecule has 4 heteroatoms. The minimum Gasteiger partial charge on any atom is -0.378 e. The van der Waals surface area contributed by atoms with Crippen molar-refractivity contribution in [3.63, 3.8) is 0 Å². The van der Waals surface area contributed by atoms with Crippen LogP contribution in [-0.4, -0.2) is 31.3 Å². The van der Waals surface area contributed by atoms with Gasteiger partial charge in [-0.3, -0.25) is 0 Å². The van der Waals surface area contributed by atoms with Crippen molar-refractivity contribution in [2.45, 2.75) is 6.92 Å². The molecule has 0 saturated carbocycles. The second-order valence-corrected chi connectivity index (χ2v) is 5.02. The average molecular weight is 267 g/mol. The number of benzene rings is 1. The van der Waals surface area contributed by atoms with Gasteiger partial charge < -0.3 is 14.6 Å². The van der Waals surface area contributed by atoms with E-state index in [1.54, 1.807) is 0 Å². The van der Waals surface area contributed by atoms with Crippen LogP contribution < -0.4 is 4.90 Å². The van der Waals surface area contributed by atoms with E-state index in [-0.39, 0.29) is 0 Å². The molecule has 0 amide bonds. The molecule has 1 N–H and O–H groups in total. The van der Waals surface area contributed by atoms with Crippen molar-refractivity contribution in [1.82, 2.24) is 4.98 Å². The molecule has 0 radical (unpaired) electrons. The molecule has 1 aromatic heterocycles. The minimum atomic E-state index is 0.697. The summed E-state index contributed by atoms with van der Waals surface area (Å²) in [5.74, 6) is 0.909. The number of morpholine rings is 1. The first-order valence-corrected chi connectivity index (χ1v) is 6.81. The zero-order valence-electron chi connectivity index (χ0n) is 11.5. The maximum absolute atomic E-state index is 9.33. The molecular formula is C16H17N3O. The summed E-state index contributed by atoms with van der Waals surface area (Å²) in [5.41, 5.74) is 4.02. The number of nitriles is 1. The van der Waals surface area contributed by atoms with E-state index in [1.165, 1.54) is 5.56 Å². The van der Waals surface area contributed by atoms with Crippen molar-refractivity contribution in [3.8, 4) is 17.3 Å². The predicted molar refractivity (Wildman–Crippen MR) is 78.7 cm³/mol. The summed E-state index contributed by atoms with van der Waals surface area (Å²) >= 11 is 0. The van der Waals surface area contributed by atoms with Crippen LogP contribution in [0.3, 0.4) is 0 Å². The van der Waals surface area contributed by atoms with Gasteiger partial charge in [0, 0.05) is 18.8 Å². The number of ether oxygens (including phenoxy) is 1. The zero-order valence-corrected chi connectivity index (χ0v) is 11.5. The van der Waals surface area contributed by atoms with E-state index in [4.69, 9.17) is 4.74 Å². The Kier molecular flexibility index (Phi) is 3.44. The van der Waals surface area contributed by atoms with Gasteiger partial charge in [0.15, 0.2) is 0 Å². The van der Waals surface area contributed by atoms with Crippen molar-refractivity contribution >= 4 is 5.82 Å². The molecular weight excluding hydrogens is 250 g/mol. The Bertz CT molecular complexity index is 631. The molecule has 4 nitrogen and oxygen atoms in total. The Labute approximate surface area is 118 Å². The highest BCUT2D eigenvalue weighted by Crippen LogP contribution is 2.27. The molecule has 0 spiro atoms. The molecule has 3 rings (SSSR count). The number of nitrogens with one attached hydrogen (secondary N) is 1. The van der Waals surface area contributed by atoms with Crippen LogP contribution in [0.15, 0.2) is 30.3 Å². The Morgan fingerprint density at radius 1 is 1.20 bits per heavy atom. The van der Waals surface area contributed by atoms with Crippen molar-refractivity contribution in [2.24, 2.45) is 0 Å². The molecule has 2 heterocycles. The van der Waals surface area contributed by atoms with Gasteiger partial charge in [0.25, 0.3) is 0 Å². The summed E-state index contributed by atoms with van der Waals surface area (Å²) < 4.78 is 5.36. The van der Waals surface area contributed by atoms with Crippen LogP contribution in [0.2, 0.25) is 0 Å². The number of hydrogen-bond acceptors (Lipinski definition) is 3. The lowest BCUT2D eigenvalue weighted by Gasteiger charge is -2.27. The van der Waals surface area contributed by atoms with E-state index in [0.29, 0.717) is 18.8 Å². The van der Waals surface area contributed by atoms with Crippen LogP contribution in [0.4, 0.5) is 5.82 Å². The molecule has 0 bridgehead atoms. The van der Waals surface area contributed by atoms with Crippen LogP contribution in [0.25, 0.3) is 11.3 Å². The second kappa shape index (κ2) is 5.40. The number of aryl methyl sites for hydroxylation is 1. The molecule has 102 valence electrons. The van der Waals surface area contributed by atoms with Gasteiger partial charge in [-0.2, -0.15) is 5.26 Å². The van der Waals surface area contributed by atoms with Gasteiger partial charge in [-0.05, 0) is 18.6 Å². The highest BCUT2D eigenvalue weighted by atomic mass is 16.5. The predicted octanol–water partition coefficient (Wildman–Crippen LogP) is 2.70. The Balaban J connectivity index is 1.96. The fourth-order valence-corrected chi connectivity index (χ4v) is 2.45. The first kappa shape index (κ1) is 12.8. The van der Waals surface area contributed by atoms with Crippen molar-refractivity contribution in [2.75, 3.05) is 31.2 Å². The number of anilines is 1. The van der Waals surface area contributed by atoms with Gasteiger partial charge in [-0.15, -0.1) is 0 Å². The summed E-state index contributed by atoms with van der Waals surface area (Å²) in [6, 6.07) is 12.5. The van der Waals surface area contributed by atoms with Crippen LogP contribution in [-0.2, 0) is 4.74 Å². The van der Waals surface area contributed by atoms with Gasteiger partial charge in [0.05, 0.1) is 18.8 Å². The molecule has 1 fully saturated rings. The first-order valence-electron chi connectivity index (χ1n) is 6.81. The first-order chi connectivity index (χ1) is 9.78. The summed E-state index contributed by atoms with van der Waals surface area (Å²) in [7, 11) is 0. The monoisotopic (exact) mass is 267 g/mol. The quantitative estimate of drug-likeness (QED) is 0.910. The lowest BCUT2D eigenvalue weighted by Crippen LogP contribution is -2.36. The Morgan fingerprint density at radius 3 is 2.55 bits per heavy atom. The number of nitrogens with zero attached hydrogens (tertiary/aromatic N) is 2. The Morgan fingerprint density at radius 2 is 1.90 bits per heavy atom. The number of aromatic amines is 1. The van der Waals surface area contributed by atoms with Crippen LogP contribution in [0.1, 0.15) is 11.1 Å². The smallest absolute Gasteiger partial charge is 0.124 e. The van der Waals surface area contributed by atoms with E-state index in [9.17, 15) is 5.26 Å². The van der Waals surface area contributed by atoms with E-state index in [0.717, 1.165) is 30.2 Å². The van der Waals surface area contributed by atoms with Crippen molar-refractivity contribution in [3.05, 3.63) is 41.5 Å². The van der Waals surface area contributed by atoms with E-state index in [1.807, 2.05) is 6.07 Å². The molecule has 1 aliphatic rings. The molecule has 1 saturated heterocycles. The third kappa shape index (κ3) is 2.40. The molecule has 1 aliphatic heterocycles. The maximum atomic E-state index is 9.33. The summed E-state index contributed by atoms with van der Waals surface area (Å²) in [6.07, 6.45) is 0. The summed E-state index contributed by atoms with van der Waals surface area (Å²) in [6.45, 7) is 5.14. The molecule has 20 heavy (non-hydrogen) atoms. The van der Waals surface area contributed by atoms with Gasteiger partial charge in [0.2, 0.25) is 0 Å². The number of aromatic nitrogens is 1. The third-order valence-electron chi connectivity index (χ3n) is 3.61. The van der Waals surface area contributed by atoms with Crippen molar-refractivity contribution in [1.29, 1.82) is 5.26 Å². The number of hydrogen-bond donors (Lipinski definition) is 1. The molecule has 1 aromatic carbocycles. The maximum Gasteiger partial charge on any atom is 0.124 e. The summed E-state index contributed by atoms with van der Waals surface area (Å²) in [4.78, 5) is 5.57. The fraction of sp³-hybridized carbons (Fsp3) is 0.312. The standard InChI is InChI=1S/C16H17N3O/c1-12-2-4-13(5-3-12)15-10-14(11-17)16(18-15)19-6-8-20-9-7-19/h2-5,10,18H,6-9H2,1H3. The number of rotatable bonds is 2. The van der Waals surface area contributed by atoms with E-state index in [2.05, 4.69) is 47.1 Å². The van der Waals surface area contributed by atoms with Crippen LogP contribution >= 0.6 is 0 Å². The lowest BCUT2D eigenvalue weighted by atomic mass is 10.1. The number of H-pyrrole nitrogens is 1. The summed E-state index contributed by atoms with van der Waals surface area (Å²) in [5, 5.41) is 9.33. The van der Waals surface area contributed by atoms with Gasteiger partial charge in [-0.25, -0.2) is 0 Å². The zero-order chi connectivity index (χ0) is 13.9. The normalized spacial score (nSPS) is 15.1. The molecule has 0 unspecified atom stereocenters. The highest BCUT2D eigenvalue weighted by Gasteiger charge is 2.18. The fourth-order valence-electron chi connectivity index (χ4n) is 2.45. The van der Waals surface area contributed by atoms with Gasteiger partial charge in [-0.1, -0.05) is 29.8 Å².